The van der Waals surface area contributed by atoms with E-state index in [2.05, 4.69) is 0 Å². The summed E-state index contributed by atoms with van der Waals surface area (Å²) in [7, 11) is -3.11. The summed E-state index contributed by atoms with van der Waals surface area (Å²) in [6.45, 7) is 1.20. The van der Waals surface area contributed by atoms with Crippen molar-refractivity contribution in [2.75, 3.05) is 18.8 Å². The second-order valence-electron chi connectivity index (χ2n) is 6.73. The molecule has 110 valence electrons. The van der Waals surface area contributed by atoms with Gasteiger partial charge in [-0.05, 0) is 44.4 Å². The largest absolute Gasteiger partial charge is 0.390 e. The highest BCUT2D eigenvalue weighted by molar-refractivity contribution is 7.89. The standard InChI is InChI=1S/C14H25NO3S/c16-14(7-8-14)13-6-3-9-15(10-13)19(17,18)11-12-4-1-2-5-12/h12-13,16H,1-11H2. The number of sulfonamides is 1. The van der Waals surface area contributed by atoms with E-state index in [1.54, 1.807) is 4.31 Å². The van der Waals surface area contributed by atoms with Crippen LogP contribution in [0.25, 0.3) is 0 Å². The van der Waals surface area contributed by atoms with E-state index in [0.717, 1.165) is 38.5 Å². The highest BCUT2D eigenvalue weighted by Gasteiger charge is 2.49. The molecule has 0 aromatic carbocycles. The van der Waals surface area contributed by atoms with Gasteiger partial charge in [-0.3, -0.25) is 0 Å². The quantitative estimate of drug-likeness (QED) is 0.857. The molecule has 2 aliphatic carbocycles. The lowest BCUT2D eigenvalue weighted by Gasteiger charge is -2.35. The Hall–Kier alpha value is -0.130. The van der Waals surface area contributed by atoms with Gasteiger partial charge in [-0.15, -0.1) is 0 Å². The Labute approximate surface area is 116 Å². The van der Waals surface area contributed by atoms with Crippen LogP contribution in [0.2, 0.25) is 0 Å². The zero-order chi connectivity index (χ0) is 13.5. The predicted octanol–water partition coefficient (Wildman–Crippen LogP) is 1.74. The molecule has 3 fully saturated rings. The highest BCUT2D eigenvalue weighted by atomic mass is 32.2. The van der Waals surface area contributed by atoms with Gasteiger partial charge in [-0.1, -0.05) is 12.8 Å². The van der Waals surface area contributed by atoms with Crippen molar-refractivity contribution in [3.63, 3.8) is 0 Å². The van der Waals surface area contributed by atoms with Crippen LogP contribution in [-0.4, -0.2) is 42.3 Å². The van der Waals surface area contributed by atoms with E-state index < -0.39 is 15.6 Å². The van der Waals surface area contributed by atoms with Crippen molar-refractivity contribution in [2.24, 2.45) is 11.8 Å². The van der Waals surface area contributed by atoms with Crippen molar-refractivity contribution in [2.45, 2.75) is 57.0 Å². The van der Waals surface area contributed by atoms with Crippen LogP contribution in [-0.2, 0) is 10.0 Å². The van der Waals surface area contributed by atoms with Gasteiger partial charge >= 0.3 is 0 Å². The first-order valence-electron chi connectivity index (χ1n) is 7.70. The Morgan fingerprint density at radius 3 is 2.42 bits per heavy atom. The number of piperidine rings is 1. The summed E-state index contributed by atoms with van der Waals surface area (Å²) in [5.41, 5.74) is -0.540. The van der Waals surface area contributed by atoms with Gasteiger partial charge in [0.2, 0.25) is 10.0 Å². The fourth-order valence-electron chi connectivity index (χ4n) is 3.75. The number of hydrogen-bond acceptors (Lipinski definition) is 3. The molecule has 3 rings (SSSR count). The van der Waals surface area contributed by atoms with E-state index in [-0.39, 0.29) is 5.92 Å². The Morgan fingerprint density at radius 1 is 1.11 bits per heavy atom. The molecule has 0 aromatic rings. The van der Waals surface area contributed by atoms with Gasteiger partial charge in [-0.25, -0.2) is 12.7 Å². The third-order valence-electron chi connectivity index (χ3n) is 5.22. The molecule has 0 radical (unpaired) electrons. The smallest absolute Gasteiger partial charge is 0.214 e. The highest BCUT2D eigenvalue weighted by Crippen LogP contribution is 2.46. The van der Waals surface area contributed by atoms with Crippen LogP contribution in [0.5, 0.6) is 0 Å². The van der Waals surface area contributed by atoms with Gasteiger partial charge in [0.05, 0.1) is 11.4 Å². The zero-order valence-electron chi connectivity index (χ0n) is 11.6. The van der Waals surface area contributed by atoms with E-state index in [0.29, 0.717) is 24.8 Å². The maximum absolute atomic E-state index is 12.5. The monoisotopic (exact) mass is 287 g/mol. The molecule has 0 bridgehead atoms. The summed E-state index contributed by atoms with van der Waals surface area (Å²) < 4.78 is 26.6. The minimum absolute atomic E-state index is 0.166. The minimum atomic E-state index is -3.11. The molecule has 3 aliphatic rings. The van der Waals surface area contributed by atoms with Crippen molar-refractivity contribution in [3.8, 4) is 0 Å². The van der Waals surface area contributed by atoms with Crippen LogP contribution in [0.4, 0.5) is 0 Å². The number of hydrogen-bond donors (Lipinski definition) is 1. The average Bonchev–Trinajstić information content (AvgIpc) is 2.94. The molecule has 1 saturated heterocycles. The summed E-state index contributed by atoms with van der Waals surface area (Å²) in [6.07, 6.45) is 8.09. The molecule has 19 heavy (non-hydrogen) atoms. The molecule has 1 N–H and O–H groups in total. The molecule has 1 heterocycles. The van der Waals surface area contributed by atoms with E-state index in [1.807, 2.05) is 0 Å². The van der Waals surface area contributed by atoms with Crippen LogP contribution < -0.4 is 0 Å². The summed E-state index contributed by atoms with van der Waals surface area (Å²) in [6, 6.07) is 0. The van der Waals surface area contributed by atoms with Crippen molar-refractivity contribution >= 4 is 10.0 Å². The Bertz CT molecular complexity index is 424. The third kappa shape index (κ3) is 2.98. The first-order valence-corrected chi connectivity index (χ1v) is 9.31. The zero-order valence-corrected chi connectivity index (χ0v) is 12.4. The molecule has 2 saturated carbocycles. The Kier molecular flexibility index (Phi) is 3.65. The van der Waals surface area contributed by atoms with Crippen LogP contribution in [0.1, 0.15) is 51.4 Å². The van der Waals surface area contributed by atoms with Gasteiger partial charge in [0.25, 0.3) is 0 Å². The summed E-state index contributed by atoms with van der Waals surface area (Å²) in [5.74, 6) is 0.868. The first kappa shape index (κ1) is 13.8. The Morgan fingerprint density at radius 2 is 1.79 bits per heavy atom. The van der Waals surface area contributed by atoms with E-state index >= 15 is 0 Å². The lowest BCUT2D eigenvalue weighted by atomic mass is 9.92. The molecular weight excluding hydrogens is 262 g/mol. The summed E-state index contributed by atoms with van der Waals surface area (Å²) >= 11 is 0. The van der Waals surface area contributed by atoms with Crippen molar-refractivity contribution < 1.29 is 13.5 Å². The molecule has 0 amide bonds. The number of aliphatic hydroxyl groups is 1. The van der Waals surface area contributed by atoms with Gasteiger partial charge < -0.3 is 5.11 Å². The average molecular weight is 287 g/mol. The lowest BCUT2D eigenvalue weighted by molar-refractivity contribution is 0.0514. The van der Waals surface area contributed by atoms with Gasteiger partial charge in [0.1, 0.15) is 0 Å². The summed E-state index contributed by atoms with van der Waals surface area (Å²) in [4.78, 5) is 0. The molecule has 5 heteroatoms. The maximum Gasteiger partial charge on any atom is 0.214 e. The van der Waals surface area contributed by atoms with Crippen LogP contribution in [0.15, 0.2) is 0 Å². The number of rotatable bonds is 4. The van der Waals surface area contributed by atoms with Crippen molar-refractivity contribution in [3.05, 3.63) is 0 Å². The second-order valence-corrected chi connectivity index (χ2v) is 8.74. The van der Waals surface area contributed by atoms with E-state index in [4.69, 9.17) is 0 Å². The van der Waals surface area contributed by atoms with Gasteiger partial charge in [-0.2, -0.15) is 0 Å². The van der Waals surface area contributed by atoms with E-state index in [9.17, 15) is 13.5 Å². The fraction of sp³-hybridized carbons (Fsp3) is 1.00. The molecule has 4 nitrogen and oxygen atoms in total. The molecular formula is C14H25NO3S. The molecule has 0 aromatic heterocycles. The molecule has 1 atom stereocenters. The minimum Gasteiger partial charge on any atom is -0.390 e. The van der Waals surface area contributed by atoms with Gasteiger partial charge in [0, 0.05) is 19.0 Å². The van der Waals surface area contributed by atoms with Crippen LogP contribution in [0.3, 0.4) is 0 Å². The predicted molar refractivity (Wildman–Crippen MR) is 74.2 cm³/mol. The van der Waals surface area contributed by atoms with Gasteiger partial charge in [0.15, 0.2) is 0 Å². The van der Waals surface area contributed by atoms with Crippen LogP contribution >= 0.6 is 0 Å². The number of nitrogens with zero attached hydrogens (tertiary/aromatic N) is 1. The maximum atomic E-state index is 12.5. The van der Waals surface area contributed by atoms with Crippen molar-refractivity contribution in [1.82, 2.24) is 4.31 Å². The molecule has 1 unspecified atom stereocenters. The molecule has 0 spiro atoms. The van der Waals surface area contributed by atoms with E-state index in [1.165, 1.54) is 12.8 Å². The fourth-order valence-corrected chi connectivity index (χ4v) is 5.70. The molecule has 1 aliphatic heterocycles. The SMILES string of the molecule is O=S(=O)(CC1CCCC1)N1CCCC(C2(O)CC2)C1. The second kappa shape index (κ2) is 5.01. The summed E-state index contributed by atoms with van der Waals surface area (Å²) in [5, 5.41) is 10.2. The third-order valence-corrected chi connectivity index (χ3v) is 7.23. The topological polar surface area (TPSA) is 57.6 Å². The van der Waals surface area contributed by atoms with Crippen LogP contribution in [0, 0.1) is 11.8 Å². The normalized spacial score (nSPS) is 32.6. The first-order chi connectivity index (χ1) is 9.00. The van der Waals surface area contributed by atoms with Crippen molar-refractivity contribution in [1.29, 1.82) is 0 Å². The Balaban J connectivity index is 1.63. The lowest BCUT2D eigenvalue weighted by Crippen LogP contribution is -2.45.